The van der Waals surface area contributed by atoms with Gasteiger partial charge in [-0.1, -0.05) is 6.58 Å². The molecule has 0 aromatic rings. The Kier molecular flexibility index (Phi) is 8.66. The normalized spacial score (nSPS) is 14.1. The van der Waals surface area contributed by atoms with Crippen LogP contribution in [0.15, 0.2) is 12.2 Å². The third kappa shape index (κ3) is 8.85. The first-order chi connectivity index (χ1) is 7.97. The second-order valence-corrected chi connectivity index (χ2v) is 3.93. The number of hydrogen-bond acceptors (Lipinski definition) is 5. The molecule has 0 aromatic carbocycles. The van der Waals surface area contributed by atoms with E-state index in [0.29, 0.717) is 18.8 Å². The number of carbonyl (C=O) groups excluding carboxylic acids is 1. The minimum absolute atomic E-state index is 0.00385. The van der Waals surface area contributed by atoms with Crippen LogP contribution in [0.1, 0.15) is 20.8 Å². The summed E-state index contributed by atoms with van der Waals surface area (Å²) in [6, 6.07) is 0. The van der Waals surface area contributed by atoms with E-state index in [9.17, 15) is 4.79 Å². The second kappa shape index (κ2) is 9.15. The largest absolute Gasteiger partial charge is 0.460 e. The van der Waals surface area contributed by atoms with E-state index in [1.54, 1.807) is 6.92 Å². The fourth-order valence-corrected chi connectivity index (χ4v) is 0.966. The number of aliphatic hydroxyl groups is 1. The molecule has 0 saturated heterocycles. The number of ether oxygens (including phenoxy) is 3. The highest BCUT2D eigenvalue weighted by Gasteiger charge is 2.10. The topological polar surface area (TPSA) is 65.0 Å². The Morgan fingerprint density at radius 2 is 1.82 bits per heavy atom. The van der Waals surface area contributed by atoms with Gasteiger partial charge in [-0.15, -0.1) is 0 Å². The van der Waals surface area contributed by atoms with Gasteiger partial charge < -0.3 is 19.3 Å². The quantitative estimate of drug-likeness (QED) is 0.484. The van der Waals surface area contributed by atoms with E-state index in [1.807, 2.05) is 13.8 Å². The van der Waals surface area contributed by atoms with Crippen LogP contribution < -0.4 is 0 Å². The van der Waals surface area contributed by atoms with E-state index >= 15 is 0 Å². The van der Waals surface area contributed by atoms with Crippen LogP contribution in [0, 0.1) is 0 Å². The van der Waals surface area contributed by atoms with Crippen molar-refractivity contribution in [1.82, 2.24) is 0 Å². The van der Waals surface area contributed by atoms with Gasteiger partial charge in [-0.05, 0) is 20.8 Å². The summed E-state index contributed by atoms with van der Waals surface area (Å²) in [5, 5.41) is 8.56. The van der Waals surface area contributed by atoms with Gasteiger partial charge >= 0.3 is 5.97 Å². The van der Waals surface area contributed by atoms with Gasteiger partial charge in [0.2, 0.25) is 0 Å². The molecule has 1 N–H and O–H groups in total. The Bertz CT molecular complexity index is 239. The van der Waals surface area contributed by atoms with E-state index in [2.05, 4.69) is 6.58 Å². The van der Waals surface area contributed by atoms with Crippen LogP contribution in [-0.2, 0) is 19.0 Å². The molecule has 100 valence electrons. The number of hydrogen-bond donors (Lipinski definition) is 1. The predicted molar refractivity (Wildman–Crippen MR) is 63.7 cm³/mol. The SMILES string of the molecule is C=C(C)C(=O)OCC(C)OCC(C)OCCO. The van der Waals surface area contributed by atoms with Crippen LogP contribution in [0.25, 0.3) is 0 Å². The molecule has 0 spiro atoms. The second-order valence-electron chi connectivity index (χ2n) is 3.93. The lowest BCUT2D eigenvalue weighted by Gasteiger charge is -2.17. The first-order valence-corrected chi connectivity index (χ1v) is 5.64. The average molecular weight is 246 g/mol. The Morgan fingerprint density at radius 1 is 1.24 bits per heavy atom. The maximum absolute atomic E-state index is 11.1. The molecule has 2 unspecified atom stereocenters. The Hall–Kier alpha value is -0.910. The lowest BCUT2D eigenvalue weighted by molar-refractivity contribution is -0.143. The summed E-state index contributed by atoms with van der Waals surface area (Å²) < 4.78 is 15.6. The highest BCUT2D eigenvalue weighted by Crippen LogP contribution is 1.99. The standard InChI is InChI=1S/C12H22O5/c1-9(2)12(14)17-8-11(4)16-7-10(3)15-6-5-13/h10-11,13H,1,5-8H2,2-4H3. The Morgan fingerprint density at radius 3 is 2.35 bits per heavy atom. The molecular weight excluding hydrogens is 224 g/mol. The summed E-state index contributed by atoms with van der Waals surface area (Å²) >= 11 is 0. The van der Waals surface area contributed by atoms with Crippen LogP contribution in [0.4, 0.5) is 0 Å². The smallest absolute Gasteiger partial charge is 0.333 e. The van der Waals surface area contributed by atoms with E-state index in [-0.39, 0.29) is 25.4 Å². The number of rotatable bonds is 9. The summed E-state index contributed by atoms with van der Waals surface area (Å²) in [5.41, 5.74) is 0.372. The van der Waals surface area contributed by atoms with E-state index in [1.165, 1.54) is 0 Å². The number of esters is 1. The first-order valence-electron chi connectivity index (χ1n) is 5.64. The van der Waals surface area contributed by atoms with Crippen molar-refractivity contribution in [3.8, 4) is 0 Å². The van der Waals surface area contributed by atoms with Gasteiger partial charge in [0, 0.05) is 5.57 Å². The molecule has 0 radical (unpaired) electrons. The van der Waals surface area contributed by atoms with Crippen molar-refractivity contribution in [3.63, 3.8) is 0 Å². The molecule has 0 aliphatic rings. The predicted octanol–water partition coefficient (Wildman–Crippen LogP) is 0.908. The maximum Gasteiger partial charge on any atom is 0.333 e. The van der Waals surface area contributed by atoms with Gasteiger partial charge in [-0.3, -0.25) is 0 Å². The van der Waals surface area contributed by atoms with Gasteiger partial charge in [0.15, 0.2) is 0 Å². The van der Waals surface area contributed by atoms with Crippen molar-refractivity contribution >= 4 is 5.97 Å². The van der Waals surface area contributed by atoms with Crippen molar-refractivity contribution in [1.29, 1.82) is 0 Å². The number of aliphatic hydroxyl groups excluding tert-OH is 1. The fourth-order valence-electron chi connectivity index (χ4n) is 0.966. The Balaban J connectivity index is 3.61. The molecule has 0 rings (SSSR count). The molecule has 0 aliphatic heterocycles. The molecular formula is C12H22O5. The van der Waals surface area contributed by atoms with Gasteiger partial charge in [-0.25, -0.2) is 4.79 Å². The summed E-state index contributed by atoms with van der Waals surface area (Å²) in [6.07, 6.45) is -0.292. The minimum atomic E-state index is -0.412. The zero-order valence-electron chi connectivity index (χ0n) is 10.8. The summed E-state index contributed by atoms with van der Waals surface area (Å²) in [6.45, 7) is 9.62. The van der Waals surface area contributed by atoms with Crippen LogP contribution in [-0.4, -0.2) is 49.7 Å². The highest BCUT2D eigenvalue weighted by atomic mass is 16.6. The Labute approximate surface area is 102 Å². The highest BCUT2D eigenvalue weighted by molar-refractivity contribution is 5.86. The summed E-state index contributed by atoms with van der Waals surface area (Å²) in [4.78, 5) is 11.1. The van der Waals surface area contributed by atoms with Crippen molar-refractivity contribution < 1.29 is 24.1 Å². The molecule has 0 fully saturated rings. The van der Waals surface area contributed by atoms with E-state index < -0.39 is 5.97 Å². The molecule has 5 heteroatoms. The van der Waals surface area contributed by atoms with Gasteiger partial charge in [0.1, 0.15) is 6.61 Å². The van der Waals surface area contributed by atoms with Crippen molar-refractivity contribution in [2.75, 3.05) is 26.4 Å². The van der Waals surface area contributed by atoms with Gasteiger partial charge in [-0.2, -0.15) is 0 Å². The molecule has 17 heavy (non-hydrogen) atoms. The van der Waals surface area contributed by atoms with E-state index in [4.69, 9.17) is 19.3 Å². The average Bonchev–Trinajstić information content (AvgIpc) is 2.30. The van der Waals surface area contributed by atoms with E-state index in [0.717, 1.165) is 0 Å². The molecule has 5 nitrogen and oxygen atoms in total. The molecule has 0 heterocycles. The van der Waals surface area contributed by atoms with Crippen molar-refractivity contribution in [3.05, 3.63) is 12.2 Å². The van der Waals surface area contributed by atoms with Crippen LogP contribution in [0.5, 0.6) is 0 Å². The van der Waals surface area contributed by atoms with Crippen molar-refractivity contribution in [2.45, 2.75) is 33.0 Å². The number of carbonyl (C=O) groups is 1. The molecule has 2 atom stereocenters. The summed E-state index contributed by atoms with van der Waals surface area (Å²) in [5.74, 6) is -0.412. The monoisotopic (exact) mass is 246 g/mol. The molecule has 0 bridgehead atoms. The summed E-state index contributed by atoms with van der Waals surface area (Å²) in [7, 11) is 0. The maximum atomic E-state index is 11.1. The molecule has 0 aromatic heterocycles. The van der Waals surface area contributed by atoms with Gasteiger partial charge in [0.25, 0.3) is 0 Å². The third-order valence-corrected chi connectivity index (χ3v) is 1.91. The molecule has 0 saturated carbocycles. The molecule has 0 aliphatic carbocycles. The van der Waals surface area contributed by atoms with Crippen LogP contribution in [0.2, 0.25) is 0 Å². The zero-order chi connectivity index (χ0) is 13.3. The van der Waals surface area contributed by atoms with Crippen LogP contribution in [0.3, 0.4) is 0 Å². The lowest BCUT2D eigenvalue weighted by atomic mass is 10.3. The zero-order valence-corrected chi connectivity index (χ0v) is 10.8. The third-order valence-electron chi connectivity index (χ3n) is 1.91. The van der Waals surface area contributed by atoms with Gasteiger partial charge in [0.05, 0.1) is 32.0 Å². The molecule has 0 amide bonds. The lowest BCUT2D eigenvalue weighted by Crippen LogP contribution is -2.25. The first kappa shape index (κ1) is 16.1. The minimum Gasteiger partial charge on any atom is -0.460 e. The van der Waals surface area contributed by atoms with Crippen molar-refractivity contribution in [2.24, 2.45) is 0 Å². The fraction of sp³-hybridized carbons (Fsp3) is 0.750. The van der Waals surface area contributed by atoms with Crippen LogP contribution >= 0.6 is 0 Å².